The average molecular weight is 337 g/mol. The van der Waals surface area contributed by atoms with Gasteiger partial charge in [0.2, 0.25) is 5.91 Å². The Morgan fingerprint density at radius 3 is 2.12 bits per heavy atom. The fourth-order valence-electron chi connectivity index (χ4n) is 2.34. The van der Waals surface area contributed by atoms with E-state index in [-0.39, 0.29) is 17.7 Å². The van der Waals surface area contributed by atoms with E-state index in [9.17, 15) is 14.4 Å². The van der Waals surface area contributed by atoms with Crippen LogP contribution in [0.15, 0.2) is 48.5 Å². The maximum absolute atomic E-state index is 12.1. The van der Waals surface area contributed by atoms with Gasteiger partial charge in [-0.2, -0.15) is 0 Å². The van der Waals surface area contributed by atoms with E-state index in [0.717, 1.165) is 18.4 Å². The molecule has 128 valence electrons. The first-order chi connectivity index (χ1) is 12.0. The summed E-state index contributed by atoms with van der Waals surface area (Å²) in [5.41, 5.74) is 7.23. The van der Waals surface area contributed by atoms with E-state index >= 15 is 0 Å². The Hall–Kier alpha value is -3.15. The molecule has 1 aliphatic rings. The number of nitrogens with one attached hydrogen (secondary N) is 3. The molecule has 0 atom stereocenters. The summed E-state index contributed by atoms with van der Waals surface area (Å²) in [5.74, 6) is -0.672. The molecule has 0 heterocycles. The third kappa shape index (κ3) is 4.44. The fourth-order valence-corrected chi connectivity index (χ4v) is 2.34. The van der Waals surface area contributed by atoms with Gasteiger partial charge in [-0.3, -0.25) is 25.2 Å². The lowest BCUT2D eigenvalue weighted by molar-refractivity contribution is -0.117. The Morgan fingerprint density at radius 1 is 0.880 bits per heavy atom. The summed E-state index contributed by atoms with van der Waals surface area (Å²) in [6.07, 6.45) is 1.87. The normalized spacial score (nSPS) is 13.0. The van der Waals surface area contributed by atoms with Crippen molar-refractivity contribution in [3.8, 4) is 0 Å². The minimum Gasteiger partial charge on any atom is -0.326 e. The van der Waals surface area contributed by atoms with Crippen molar-refractivity contribution >= 4 is 23.4 Å². The Balaban J connectivity index is 1.54. The zero-order chi connectivity index (χ0) is 17.8. The minimum atomic E-state index is -0.430. The molecule has 0 aliphatic heterocycles. The molecule has 0 spiro atoms. The molecule has 0 unspecified atom stereocenters. The summed E-state index contributed by atoms with van der Waals surface area (Å²) in [5, 5.41) is 2.81. The molecule has 1 aliphatic carbocycles. The number of hydrogen-bond acceptors (Lipinski definition) is 3. The Bertz CT molecular complexity index is 811. The number of benzene rings is 2. The molecular formula is C19H19N3O3. The summed E-state index contributed by atoms with van der Waals surface area (Å²) in [7, 11) is 0. The topological polar surface area (TPSA) is 87.3 Å². The van der Waals surface area contributed by atoms with Crippen LogP contribution in [0.5, 0.6) is 0 Å². The summed E-state index contributed by atoms with van der Waals surface area (Å²) in [6.45, 7) is 1.89. The number of amides is 3. The standard InChI is InChI=1S/C19H19N3O3/c1-12-3-2-4-15(11-12)19(25)22-21-18(24)14-7-9-16(10-8-14)20-17(23)13-5-6-13/h2-4,7-11,13H,5-6H2,1H3,(H,20,23)(H,21,24)(H,22,25). The lowest BCUT2D eigenvalue weighted by Crippen LogP contribution is -2.41. The molecule has 2 aromatic carbocycles. The number of anilines is 1. The fraction of sp³-hybridized carbons (Fsp3) is 0.211. The Morgan fingerprint density at radius 2 is 1.52 bits per heavy atom. The van der Waals surface area contributed by atoms with Crippen LogP contribution in [0.3, 0.4) is 0 Å². The predicted octanol–water partition coefficient (Wildman–Crippen LogP) is 2.42. The van der Waals surface area contributed by atoms with Crippen molar-refractivity contribution in [2.24, 2.45) is 5.92 Å². The van der Waals surface area contributed by atoms with E-state index in [1.807, 2.05) is 13.0 Å². The van der Waals surface area contributed by atoms with E-state index in [1.165, 1.54) is 0 Å². The van der Waals surface area contributed by atoms with Crippen LogP contribution in [-0.2, 0) is 4.79 Å². The first kappa shape index (κ1) is 16.7. The molecule has 0 bridgehead atoms. The van der Waals surface area contributed by atoms with Crippen LogP contribution in [0, 0.1) is 12.8 Å². The second-order valence-corrected chi connectivity index (χ2v) is 6.12. The highest BCUT2D eigenvalue weighted by Gasteiger charge is 2.29. The number of hydrazine groups is 1. The van der Waals surface area contributed by atoms with E-state index < -0.39 is 5.91 Å². The molecule has 1 fully saturated rings. The number of hydrogen-bond donors (Lipinski definition) is 3. The highest BCUT2D eigenvalue weighted by Crippen LogP contribution is 2.30. The second-order valence-electron chi connectivity index (χ2n) is 6.12. The minimum absolute atomic E-state index is 0.0163. The number of carbonyl (C=O) groups is 3. The van der Waals surface area contributed by atoms with Crippen molar-refractivity contribution in [1.82, 2.24) is 10.9 Å². The zero-order valence-corrected chi connectivity index (χ0v) is 13.8. The molecular weight excluding hydrogens is 318 g/mol. The van der Waals surface area contributed by atoms with Gasteiger partial charge in [-0.25, -0.2) is 0 Å². The second kappa shape index (κ2) is 7.17. The molecule has 0 radical (unpaired) electrons. The predicted molar refractivity (Wildman–Crippen MR) is 93.9 cm³/mol. The van der Waals surface area contributed by atoms with Crippen LogP contribution in [0.25, 0.3) is 0 Å². The third-order valence-corrected chi connectivity index (χ3v) is 3.93. The maximum Gasteiger partial charge on any atom is 0.269 e. The van der Waals surface area contributed by atoms with Crippen molar-refractivity contribution in [2.75, 3.05) is 5.32 Å². The summed E-state index contributed by atoms with van der Waals surface area (Å²) >= 11 is 0. The van der Waals surface area contributed by atoms with Crippen LogP contribution in [-0.4, -0.2) is 17.7 Å². The van der Waals surface area contributed by atoms with Gasteiger partial charge >= 0.3 is 0 Å². The van der Waals surface area contributed by atoms with Crippen molar-refractivity contribution in [3.63, 3.8) is 0 Å². The van der Waals surface area contributed by atoms with Gasteiger partial charge in [-0.1, -0.05) is 17.7 Å². The van der Waals surface area contributed by atoms with Crippen LogP contribution >= 0.6 is 0 Å². The first-order valence-electron chi connectivity index (χ1n) is 8.11. The van der Waals surface area contributed by atoms with Crippen LogP contribution in [0.4, 0.5) is 5.69 Å². The summed E-state index contributed by atoms with van der Waals surface area (Å²) in [4.78, 5) is 35.8. The monoisotopic (exact) mass is 337 g/mol. The van der Waals surface area contributed by atoms with Crippen molar-refractivity contribution < 1.29 is 14.4 Å². The van der Waals surface area contributed by atoms with Gasteiger partial charge in [0.25, 0.3) is 11.8 Å². The molecule has 3 amide bonds. The zero-order valence-electron chi connectivity index (χ0n) is 13.8. The number of rotatable bonds is 4. The molecule has 6 heteroatoms. The highest BCUT2D eigenvalue weighted by molar-refractivity contribution is 5.99. The Kier molecular flexibility index (Phi) is 4.79. The van der Waals surface area contributed by atoms with Crippen molar-refractivity contribution in [3.05, 3.63) is 65.2 Å². The van der Waals surface area contributed by atoms with E-state index in [2.05, 4.69) is 16.2 Å². The van der Waals surface area contributed by atoms with Crippen LogP contribution in [0.1, 0.15) is 39.1 Å². The number of carbonyl (C=O) groups excluding carboxylic acids is 3. The quantitative estimate of drug-likeness (QED) is 0.749. The Labute approximate surface area is 145 Å². The van der Waals surface area contributed by atoms with E-state index in [0.29, 0.717) is 16.8 Å². The lowest BCUT2D eigenvalue weighted by Gasteiger charge is -2.09. The van der Waals surface area contributed by atoms with Gasteiger partial charge in [0.05, 0.1) is 0 Å². The smallest absolute Gasteiger partial charge is 0.269 e. The largest absolute Gasteiger partial charge is 0.326 e. The molecule has 2 aromatic rings. The lowest BCUT2D eigenvalue weighted by atomic mass is 10.1. The molecule has 0 saturated heterocycles. The molecule has 3 N–H and O–H groups in total. The number of aryl methyl sites for hydroxylation is 1. The molecule has 1 saturated carbocycles. The average Bonchev–Trinajstić information content (AvgIpc) is 3.45. The van der Waals surface area contributed by atoms with Gasteiger partial charge in [0.15, 0.2) is 0 Å². The van der Waals surface area contributed by atoms with Gasteiger partial charge in [-0.15, -0.1) is 0 Å². The third-order valence-electron chi connectivity index (χ3n) is 3.93. The van der Waals surface area contributed by atoms with Crippen molar-refractivity contribution in [1.29, 1.82) is 0 Å². The van der Waals surface area contributed by atoms with E-state index in [1.54, 1.807) is 42.5 Å². The summed E-state index contributed by atoms with van der Waals surface area (Å²) in [6, 6.07) is 13.6. The molecule has 25 heavy (non-hydrogen) atoms. The molecule has 0 aromatic heterocycles. The highest BCUT2D eigenvalue weighted by atomic mass is 16.2. The van der Waals surface area contributed by atoms with Gasteiger partial charge < -0.3 is 5.32 Å². The van der Waals surface area contributed by atoms with Crippen LogP contribution in [0.2, 0.25) is 0 Å². The molecule has 6 nitrogen and oxygen atoms in total. The van der Waals surface area contributed by atoms with Crippen molar-refractivity contribution in [2.45, 2.75) is 19.8 Å². The SMILES string of the molecule is Cc1cccc(C(=O)NNC(=O)c2ccc(NC(=O)C3CC3)cc2)c1. The van der Waals surface area contributed by atoms with Gasteiger partial charge in [-0.05, 0) is 56.2 Å². The maximum atomic E-state index is 12.1. The first-order valence-corrected chi connectivity index (χ1v) is 8.11. The summed E-state index contributed by atoms with van der Waals surface area (Å²) < 4.78 is 0. The van der Waals surface area contributed by atoms with Gasteiger partial charge in [0, 0.05) is 22.7 Å². The molecule has 3 rings (SSSR count). The van der Waals surface area contributed by atoms with Crippen LogP contribution < -0.4 is 16.2 Å². The van der Waals surface area contributed by atoms with Gasteiger partial charge in [0.1, 0.15) is 0 Å². The van der Waals surface area contributed by atoms with E-state index in [4.69, 9.17) is 0 Å².